The molecule has 0 saturated carbocycles. The fourth-order valence-electron chi connectivity index (χ4n) is 2.19. The molecule has 2 N–H and O–H groups in total. The third-order valence-corrected chi connectivity index (χ3v) is 4.86. The Morgan fingerprint density at radius 2 is 1.81 bits per heavy atom. The van der Waals surface area contributed by atoms with Crippen LogP contribution in [0.1, 0.15) is 31.9 Å². The summed E-state index contributed by atoms with van der Waals surface area (Å²) in [6, 6.07) is 17.4. The lowest BCUT2D eigenvalue weighted by Gasteiger charge is -2.10. The van der Waals surface area contributed by atoms with Gasteiger partial charge in [-0.2, -0.15) is 5.10 Å². The maximum absolute atomic E-state index is 12.2. The summed E-state index contributed by atoms with van der Waals surface area (Å²) >= 11 is 1.57. The smallest absolute Gasteiger partial charge is 0.252 e. The molecule has 0 saturated heterocycles. The van der Waals surface area contributed by atoms with Crippen molar-refractivity contribution in [1.29, 1.82) is 0 Å². The highest BCUT2D eigenvalue weighted by Crippen LogP contribution is 2.17. The number of nitrogens with one attached hydrogen (secondary N) is 2. The Balaban J connectivity index is 1.90. The van der Waals surface area contributed by atoms with Gasteiger partial charge >= 0.3 is 0 Å². The summed E-state index contributed by atoms with van der Waals surface area (Å²) in [5.41, 5.74) is 6.01. The molecule has 0 unspecified atom stereocenters. The van der Waals surface area contributed by atoms with Gasteiger partial charge in [-0.05, 0) is 37.1 Å². The lowest BCUT2D eigenvalue weighted by molar-refractivity contribution is -0.120. The van der Waals surface area contributed by atoms with Gasteiger partial charge in [-0.15, -0.1) is 11.8 Å². The second kappa shape index (κ2) is 9.77. The quantitative estimate of drug-likeness (QED) is 0.576. The van der Waals surface area contributed by atoms with Gasteiger partial charge in [0.1, 0.15) is 0 Å². The number of nitrogens with zero attached hydrogens (tertiary/aromatic N) is 1. The molecule has 136 valence electrons. The van der Waals surface area contributed by atoms with E-state index in [-0.39, 0.29) is 17.1 Å². The van der Waals surface area contributed by atoms with Crippen LogP contribution >= 0.6 is 11.8 Å². The topological polar surface area (TPSA) is 70.6 Å². The molecule has 2 rings (SSSR count). The van der Waals surface area contributed by atoms with E-state index in [4.69, 9.17) is 0 Å². The van der Waals surface area contributed by atoms with Crippen molar-refractivity contribution in [2.24, 2.45) is 5.10 Å². The van der Waals surface area contributed by atoms with E-state index in [9.17, 15) is 9.59 Å². The van der Waals surface area contributed by atoms with Crippen molar-refractivity contribution in [3.63, 3.8) is 0 Å². The van der Waals surface area contributed by atoms with E-state index in [1.807, 2.05) is 62.4 Å². The second-order valence-electron chi connectivity index (χ2n) is 5.87. The van der Waals surface area contributed by atoms with Gasteiger partial charge in [0.25, 0.3) is 5.91 Å². The first-order valence-corrected chi connectivity index (χ1v) is 9.38. The van der Waals surface area contributed by atoms with E-state index >= 15 is 0 Å². The fraction of sp³-hybridized carbons (Fsp3) is 0.250. The van der Waals surface area contributed by atoms with Crippen molar-refractivity contribution >= 4 is 35.0 Å². The zero-order valence-corrected chi connectivity index (χ0v) is 16.0. The molecule has 6 heteroatoms. The van der Waals surface area contributed by atoms with Crippen molar-refractivity contribution in [3.8, 4) is 0 Å². The third-order valence-electron chi connectivity index (χ3n) is 3.65. The van der Waals surface area contributed by atoms with Crippen molar-refractivity contribution in [2.75, 3.05) is 5.32 Å². The highest BCUT2D eigenvalue weighted by molar-refractivity contribution is 7.99. The van der Waals surface area contributed by atoms with Crippen LogP contribution < -0.4 is 10.7 Å². The molecule has 0 aliphatic heterocycles. The van der Waals surface area contributed by atoms with Gasteiger partial charge in [-0.1, -0.05) is 42.5 Å². The molecule has 0 aliphatic carbocycles. The number of hydrazone groups is 1. The molecule has 2 aromatic carbocycles. The molecule has 0 bridgehead atoms. The first-order valence-electron chi connectivity index (χ1n) is 8.33. The summed E-state index contributed by atoms with van der Waals surface area (Å²) in [4.78, 5) is 23.4. The predicted octanol–water partition coefficient (Wildman–Crippen LogP) is 3.81. The summed E-state index contributed by atoms with van der Waals surface area (Å²) in [6.45, 7) is 5.14. The van der Waals surface area contributed by atoms with E-state index in [1.54, 1.807) is 17.8 Å². The molecule has 0 aliphatic rings. The van der Waals surface area contributed by atoms with Crippen molar-refractivity contribution in [3.05, 3.63) is 65.7 Å². The molecule has 2 aromatic rings. The maximum atomic E-state index is 12.2. The number of amides is 2. The number of thioether (sulfide) groups is 1. The van der Waals surface area contributed by atoms with Crippen LogP contribution in [-0.2, 0) is 15.3 Å². The summed E-state index contributed by atoms with van der Waals surface area (Å²) in [7, 11) is 0. The van der Waals surface area contributed by atoms with Crippen LogP contribution in [0.25, 0.3) is 0 Å². The Morgan fingerprint density at radius 3 is 2.50 bits per heavy atom. The molecule has 0 heterocycles. The zero-order valence-electron chi connectivity index (χ0n) is 15.2. The first kappa shape index (κ1) is 19.7. The number of hydrogen-bond acceptors (Lipinski definition) is 4. The number of carbonyl (C=O) groups is 2. The van der Waals surface area contributed by atoms with E-state index in [1.165, 1.54) is 12.5 Å². The fourth-order valence-corrected chi connectivity index (χ4v) is 3.03. The van der Waals surface area contributed by atoms with Crippen LogP contribution in [0, 0.1) is 0 Å². The molecule has 0 radical (unpaired) electrons. The number of rotatable bonds is 7. The van der Waals surface area contributed by atoms with Crippen LogP contribution in [0.2, 0.25) is 0 Å². The van der Waals surface area contributed by atoms with Crippen LogP contribution in [0.4, 0.5) is 5.69 Å². The number of anilines is 1. The molecule has 26 heavy (non-hydrogen) atoms. The van der Waals surface area contributed by atoms with E-state index in [2.05, 4.69) is 15.8 Å². The van der Waals surface area contributed by atoms with Crippen LogP contribution in [0.15, 0.2) is 59.7 Å². The minimum Gasteiger partial charge on any atom is -0.326 e. The summed E-state index contributed by atoms with van der Waals surface area (Å²) in [6.07, 6.45) is 0. The van der Waals surface area contributed by atoms with E-state index in [0.29, 0.717) is 11.4 Å². The van der Waals surface area contributed by atoms with E-state index < -0.39 is 0 Å². The van der Waals surface area contributed by atoms with Crippen LogP contribution in [0.5, 0.6) is 0 Å². The summed E-state index contributed by atoms with van der Waals surface area (Å²) < 4.78 is 0. The minimum atomic E-state index is -0.211. The predicted molar refractivity (Wildman–Crippen MR) is 108 cm³/mol. The van der Waals surface area contributed by atoms with Crippen molar-refractivity contribution in [2.45, 2.75) is 31.8 Å². The molecule has 0 fully saturated rings. The number of hydrogen-bond donors (Lipinski definition) is 2. The molecular formula is C20H23N3O2S. The zero-order chi connectivity index (χ0) is 18.9. The Kier molecular flexibility index (Phi) is 7.41. The Hall–Kier alpha value is -2.60. The van der Waals surface area contributed by atoms with Gasteiger partial charge in [0.2, 0.25) is 5.91 Å². The monoisotopic (exact) mass is 369 g/mol. The van der Waals surface area contributed by atoms with Gasteiger partial charge in [-0.3, -0.25) is 9.59 Å². The molecule has 5 nitrogen and oxygen atoms in total. The van der Waals surface area contributed by atoms with Crippen molar-refractivity contribution in [1.82, 2.24) is 5.43 Å². The van der Waals surface area contributed by atoms with Gasteiger partial charge in [0.15, 0.2) is 0 Å². The van der Waals surface area contributed by atoms with Crippen LogP contribution in [-0.4, -0.2) is 22.8 Å². The average Bonchev–Trinajstić information content (AvgIpc) is 2.64. The minimum absolute atomic E-state index is 0.130. The highest BCUT2D eigenvalue weighted by atomic mass is 32.2. The largest absolute Gasteiger partial charge is 0.326 e. The third kappa shape index (κ3) is 6.37. The van der Waals surface area contributed by atoms with Gasteiger partial charge in [-0.25, -0.2) is 5.43 Å². The Morgan fingerprint density at radius 1 is 1.08 bits per heavy atom. The summed E-state index contributed by atoms with van der Waals surface area (Å²) in [5, 5.41) is 6.70. The van der Waals surface area contributed by atoms with E-state index in [0.717, 1.165) is 11.3 Å². The van der Waals surface area contributed by atoms with Gasteiger partial charge in [0.05, 0.1) is 11.0 Å². The maximum Gasteiger partial charge on any atom is 0.252 e. The molecule has 0 spiro atoms. The molecule has 1 atom stereocenters. The number of benzene rings is 2. The normalized spacial score (nSPS) is 12.3. The standard InChI is InChI=1S/C20H23N3O2S/c1-14(18-10-7-11-19(12-18)21-16(3)24)22-23-20(25)15(2)26-13-17-8-5-4-6-9-17/h4-12,15H,13H2,1-3H3,(H,21,24)(H,23,25)/b22-14-/t15-/m1/s1. The lowest BCUT2D eigenvalue weighted by atomic mass is 10.1. The lowest BCUT2D eigenvalue weighted by Crippen LogP contribution is -2.27. The molecule has 0 aromatic heterocycles. The second-order valence-corrected chi connectivity index (χ2v) is 7.20. The Bertz CT molecular complexity index is 791. The molecular weight excluding hydrogens is 346 g/mol. The first-order chi connectivity index (χ1) is 12.5. The van der Waals surface area contributed by atoms with Crippen molar-refractivity contribution < 1.29 is 9.59 Å². The van der Waals surface area contributed by atoms with Gasteiger partial charge in [0, 0.05) is 18.4 Å². The molecule has 2 amide bonds. The number of carbonyl (C=O) groups excluding carboxylic acids is 2. The summed E-state index contributed by atoms with van der Waals surface area (Å²) in [5.74, 6) is 0.509. The average molecular weight is 369 g/mol. The SMILES string of the molecule is CC(=O)Nc1cccc(/C(C)=N\NC(=O)[C@@H](C)SCc2ccccc2)c1. The Labute approximate surface area is 158 Å². The van der Waals surface area contributed by atoms with Gasteiger partial charge < -0.3 is 5.32 Å². The van der Waals surface area contributed by atoms with Crippen LogP contribution in [0.3, 0.4) is 0 Å². The highest BCUT2D eigenvalue weighted by Gasteiger charge is 2.13.